The first kappa shape index (κ1) is 21.9. The molecule has 0 aromatic heterocycles. The highest BCUT2D eigenvalue weighted by Crippen LogP contribution is 2.78. The zero-order valence-corrected chi connectivity index (χ0v) is 20.7. The number of epoxide rings is 1. The number of carbonyl (C=O) groups excluding carboxylic acids is 1. The Labute approximate surface area is 190 Å². The molecule has 0 radical (unpaired) electrons. The highest BCUT2D eigenvalue weighted by atomic mass is 35.5. The Morgan fingerprint density at radius 3 is 2.74 bits per heavy atom. The lowest BCUT2D eigenvalue weighted by molar-refractivity contribution is -0.153. The van der Waals surface area contributed by atoms with Crippen LogP contribution in [0, 0.1) is 45.3 Å². The maximum atomic E-state index is 12.2. The summed E-state index contributed by atoms with van der Waals surface area (Å²) in [5.74, 6) is 0.974. The normalized spacial score (nSPS) is 51.0. The summed E-state index contributed by atoms with van der Waals surface area (Å²) in [7, 11) is -2.68. The Hall–Kier alpha value is -0.973. The van der Waals surface area contributed by atoms with Crippen LogP contribution >= 0.6 is 11.6 Å². The summed E-state index contributed by atoms with van der Waals surface area (Å²) in [5.41, 5.74) is -0.438. The summed E-state index contributed by atoms with van der Waals surface area (Å²) in [6, 6.07) is 2.66. The Balaban J connectivity index is 1.59. The summed E-state index contributed by atoms with van der Waals surface area (Å²) in [4.78, 5) is 12.2. The van der Waals surface area contributed by atoms with Gasteiger partial charge in [0.2, 0.25) is 0 Å². The molecular formula is C24H32ClNO4Si. The first-order valence-electron chi connectivity index (χ1n) is 11.4. The molecule has 0 bridgehead atoms. The number of hydrogen-bond acceptors (Lipinski definition) is 5. The molecule has 1 saturated heterocycles. The quantitative estimate of drug-likeness (QED) is 0.210. The van der Waals surface area contributed by atoms with E-state index < -0.39 is 18.7 Å². The molecule has 5 nitrogen and oxygen atoms in total. The highest BCUT2D eigenvalue weighted by molar-refractivity contribution is 6.79. The third-order valence-electron chi connectivity index (χ3n) is 10.00. The molecule has 9 atom stereocenters. The average Bonchev–Trinajstić information content (AvgIpc) is 3.37. The second-order valence-corrected chi connectivity index (χ2v) is 16.4. The number of nitriles is 1. The fourth-order valence-corrected chi connectivity index (χ4v) is 10.7. The Morgan fingerprint density at radius 1 is 1.39 bits per heavy atom. The minimum Gasteiger partial charge on any atom is -0.364 e. The van der Waals surface area contributed by atoms with Crippen LogP contribution in [0.25, 0.3) is 0 Å². The van der Waals surface area contributed by atoms with Crippen molar-refractivity contribution in [3.05, 3.63) is 23.8 Å². The van der Waals surface area contributed by atoms with Gasteiger partial charge in [-0.1, -0.05) is 25.5 Å². The van der Waals surface area contributed by atoms with E-state index in [9.17, 15) is 15.3 Å². The summed E-state index contributed by atoms with van der Waals surface area (Å²) < 4.78 is 11.5. The van der Waals surface area contributed by atoms with Crippen LogP contribution in [0.5, 0.6) is 0 Å². The average molecular weight is 462 g/mol. The number of carbonyl (C=O) groups is 1. The first-order chi connectivity index (χ1) is 14.4. The number of alkyl halides is 1. The van der Waals surface area contributed by atoms with Gasteiger partial charge in [-0.15, -0.1) is 11.6 Å². The van der Waals surface area contributed by atoms with Crippen molar-refractivity contribution in [3.8, 4) is 6.07 Å². The van der Waals surface area contributed by atoms with E-state index in [4.69, 9.17) is 20.9 Å². The molecule has 1 aliphatic heterocycles. The molecule has 3 saturated carbocycles. The number of nitrogens with zero attached hydrogens (tertiary/aromatic N) is 1. The molecule has 4 aliphatic carbocycles. The van der Waals surface area contributed by atoms with E-state index in [0.717, 1.165) is 25.7 Å². The zero-order chi connectivity index (χ0) is 22.6. The van der Waals surface area contributed by atoms with Gasteiger partial charge >= 0.3 is 0 Å². The number of ketones is 1. The van der Waals surface area contributed by atoms with E-state index in [1.807, 2.05) is 19.2 Å². The Kier molecular flexibility index (Phi) is 4.46. The van der Waals surface area contributed by atoms with Gasteiger partial charge in [0.1, 0.15) is 5.60 Å². The number of halogens is 1. The minimum atomic E-state index is -2.68. The predicted molar refractivity (Wildman–Crippen MR) is 120 cm³/mol. The molecular weight excluding hydrogens is 430 g/mol. The van der Waals surface area contributed by atoms with Crippen LogP contribution in [0.2, 0.25) is 13.1 Å². The molecule has 0 aromatic carbocycles. The topological polar surface area (TPSA) is 82.8 Å². The number of ether oxygens (including phenoxy) is 1. The van der Waals surface area contributed by atoms with Gasteiger partial charge in [0.05, 0.1) is 22.6 Å². The summed E-state index contributed by atoms with van der Waals surface area (Å²) >= 11 is 7.02. The predicted octanol–water partition coefficient (Wildman–Crippen LogP) is 5.02. The Morgan fingerprint density at radius 2 is 2.10 bits per heavy atom. The van der Waals surface area contributed by atoms with Gasteiger partial charge < -0.3 is 4.74 Å². The maximum absolute atomic E-state index is 12.2. The smallest absolute Gasteiger partial charge is 0.251 e. The van der Waals surface area contributed by atoms with Gasteiger partial charge in [-0.3, -0.25) is 14.6 Å². The van der Waals surface area contributed by atoms with E-state index in [1.54, 1.807) is 6.08 Å². The van der Waals surface area contributed by atoms with Crippen molar-refractivity contribution in [3.63, 3.8) is 0 Å². The third kappa shape index (κ3) is 2.35. The SMILES string of the molecule is C[C@H]1CC2C3CC[C@@](C#N)(C(Cl)[Si](C)(C)OO)[C@@]3(C)C[C@@H]3O[C@]23[C@@]2(C)C=CC(=O)C=C12. The summed E-state index contributed by atoms with van der Waals surface area (Å²) in [5, 5.41) is 19.6. The lowest BCUT2D eigenvalue weighted by atomic mass is 9.44. The number of allylic oxidation sites excluding steroid dienone is 2. The van der Waals surface area contributed by atoms with Crippen molar-refractivity contribution in [2.24, 2.45) is 34.0 Å². The van der Waals surface area contributed by atoms with Gasteiger partial charge in [0.15, 0.2) is 5.78 Å². The van der Waals surface area contributed by atoms with Crippen LogP contribution in [-0.4, -0.2) is 36.1 Å². The fraction of sp³-hybridized carbons (Fsp3) is 0.750. The van der Waals surface area contributed by atoms with E-state index in [0.29, 0.717) is 11.8 Å². The number of hydrogen-bond donors (Lipinski definition) is 1. The second-order valence-electron chi connectivity index (χ2n) is 11.6. The van der Waals surface area contributed by atoms with Gasteiger partial charge in [-0.25, -0.2) is 0 Å². The van der Waals surface area contributed by atoms with Gasteiger partial charge in [0.25, 0.3) is 8.32 Å². The monoisotopic (exact) mass is 461 g/mol. The first-order valence-corrected chi connectivity index (χ1v) is 14.9. The van der Waals surface area contributed by atoms with Crippen LogP contribution in [-0.2, 0) is 14.1 Å². The van der Waals surface area contributed by atoms with Crippen molar-refractivity contribution < 1.29 is 19.4 Å². The molecule has 5 aliphatic rings. The van der Waals surface area contributed by atoms with Gasteiger partial charge in [-0.2, -0.15) is 5.26 Å². The number of rotatable bonds is 3. The van der Waals surface area contributed by atoms with Crippen LogP contribution in [0.3, 0.4) is 0 Å². The molecule has 3 unspecified atom stereocenters. The van der Waals surface area contributed by atoms with Crippen LogP contribution in [0.4, 0.5) is 0 Å². The molecule has 1 heterocycles. The Bertz CT molecular complexity index is 958. The molecule has 5 rings (SSSR count). The fourth-order valence-electron chi connectivity index (χ4n) is 8.39. The van der Waals surface area contributed by atoms with Gasteiger partial charge in [-0.05, 0) is 81.0 Å². The van der Waals surface area contributed by atoms with E-state index in [-0.39, 0.29) is 34.2 Å². The van der Waals surface area contributed by atoms with Crippen molar-refractivity contribution in [1.82, 2.24) is 0 Å². The molecule has 4 fully saturated rings. The highest BCUT2D eigenvalue weighted by Gasteiger charge is 2.82. The van der Waals surface area contributed by atoms with Crippen molar-refractivity contribution in [2.45, 2.75) is 76.3 Å². The number of fused-ring (bicyclic) bond motifs is 3. The van der Waals surface area contributed by atoms with E-state index >= 15 is 0 Å². The van der Waals surface area contributed by atoms with Crippen LogP contribution in [0.15, 0.2) is 23.8 Å². The lowest BCUT2D eigenvalue weighted by Gasteiger charge is -2.58. The van der Waals surface area contributed by atoms with E-state index in [1.165, 1.54) is 5.57 Å². The molecule has 31 heavy (non-hydrogen) atoms. The largest absolute Gasteiger partial charge is 0.364 e. The third-order valence-corrected chi connectivity index (χ3v) is 14.1. The van der Waals surface area contributed by atoms with Crippen LogP contribution < -0.4 is 0 Å². The molecule has 0 aromatic rings. The molecule has 168 valence electrons. The van der Waals surface area contributed by atoms with Crippen molar-refractivity contribution in [1.29, 1.82) is 5.26 Å². The molecule has 1 N–H and O–H groups in total. The molecule has 7 heteroatoms. The van der Waals surface area contributed by atoms with Crippen LogP contribution in [0.1, 0.15) is 46.5 Å². The minimum absolute atomic E-state index is 0.0482. The van der Waals surface area contributed by atoms with Crippen molar-refractivity contribution >= 4 is 25.7 Å². The molecule has 0 amide bonds. The van der Waals surface area contributed by atoms with Crippen molar-refractivity contribution in [2.75, 3.05) is 0 Å². The standard InChI is InChI=1S/C24H32ClNO4Si/c1-14-10-18-16-7-9-23(13-26,20(25)31(4,5)30-28)22(16,3)12-19-24(18,29-19)21(2)8-6-15(27)11-17(14)21/h6,8,11,14,16,18-20,28H,7,9-10,12H2,1-5H3/t14-,16?,18?,19-,20?,21-,22-,23+,24+/m0/s1. The summed E-state index contributed by atoms with van der Waals surface area (Å²) in [6.45, 7) is 10.5. The molecule has 1 spiro atoms. The zero-order valence-electron chi connectivity index (χ0n) is 18.9. The maximum Gasteiger partial charge on any atom is 0.251 e. The van der Waals surface area contributed by atoms with E-state index in [2.05, 4.69) is 32.9 Å². The lowest BCUT2D eigenvalue weighted by Crippen LogP contribution is -2.62. The van der Waals surface area contributed by atoms with Gasteiger partial charge in [0, 0.05) is 5.41 Å². The summed E-state index contributed by atoms with van der Waals surface area (Å²) in [6.07, 6.45) is 9.06. The second kappa shape index (κ2) is 6.33.